The molecule has 0 aliphatic carbocycles. The first-order valence-electron chi connectivity index (χ1n) is 11.4. The van der Waals surface area contributed by atoms with Crippen LogP contribution in [0.1, 0.15) is 39.4 Å². The van der Waals surface area contributed by atoms with Gasteiger partial charge in [-0.25, -0.2) is 0 Å². The number of carbonyl (C=O) groups is 4. The fraction of sp³-hybridized carbons (Fsp3) is 0.273. The molecule has 2 aliphatic rings. The smallest absolute Gasteiger partial charge is 0.349 e. The summed E-state index contributed by atoms with van der Waals surface area (Å²) in [5, 5.41) is 1.86. The second kappa shape index (κ2) is 9.10. The van der Waals surface area contributed by atoms with Crippen LogP contribution in [0.2, 0.25) is 10.2 Å². The molecule has 0 radical (unpaired) electrons. The number of piperidine rings is 1. The highest BCUT2D eigenvalue weighted by atomic mass is 35.5. The Kier molecular flexibility index (Phi) is 6.58. The molecule has 0 aromatic heterocycles. The first-order chi connectivity index (χ1) is 16.7. The summed E-state index contributed by atoms with van der Waals surface area (Å²) in [5.74, 6) is -7.08. The van der Waals surface area contributed by atoms with Gasteiger partial charge in [-0.15, -0.1) is 0 Å². The lowest BCUT2D eigenvalue weighted by Gasteiger charge is -2.45. The second-order valence-corrected chi connectivity index (χ2v) is 10.4. The third kappa shape index (κ3) is 4.45. The Morgan fingerprint density at radius 1 is 1.14 bits per heavy atom. The van der Waals surface area contributed by atoms with Gasteiger partial charge in [0.1, 0.15) is 29.6 Å². The zero-order chi connectivity index (χ0) is 26.6. The topological polar surface area (TPSA) is 86.8 Å². The summed E-state index contributed by atoms with van der Waals surface area (Å²) in [4.78, 5) is 53.2. The third-order valence-corrected chi connectivity index (χ3v) is 7.15. The zero-order valence-corrected chi connectivity index (χ0v) is 21.0. The van der Waals surface area contributed by atoms with Crippen LogP contribution in [0.3, 0.4) is 0 Å². The molecule has 2 aromatic carbocycles. The van der Waals surface area contributed by atoms with Crippen LogP contribution in [0.25, 0.3) is 0 Å². The van der Waals surface area contributed by atoms with Crippen LogP contribution < -0.4 is 5.32 Å². The van der Waals surface area contributed by atoms with E-state index < -0.39 is 40.5 Å². The van der Waals surface area contributed by atoms with Crippen LogP contribution in [0.4, 0.5) is 8.78 Å². The van der Waals surface area contributed by atoms with Crippen LogP contribution in [0.5, 0.6) is 0 Å². The molecule has 4 amide bonds. The second-order valence-electron chi connectivity index (χ2n) is 9.98. The summed E-state index contributed by atoms with van der Waals surface area (Å²) in [7, 11) is 6.53. The maximum absolute atomic E-state index is 14.7. The number of nitrogens with zero attached hydrogens (tertiary/aromatic N) is 2. The van der Waals surface area contributed by atoms with Crippen LogP contribution >= 0.6 is 11.6 Å². The van der Waals surface area contributed by atoms with E-state index in [-0.39, 0.29) is 29.8 Å². The molecule has 4 rings (SSSR count). The molecule has 0 spiro atoms. The van der Waals surface area contributed by atoms with Crippen molar-refractivity contribution in [1.29, 1.82) is 0 Å². The summed E-state index contributed by atoms with van der Waals surface area (Å²) < 4.78 is 29.4. The summed E-state index contributed by atoms with van der Waals surface area (Å²) in [6.07, 6.45) is 0.121. The van der Waals surface area contributed by atoms with E-state index in [2.05, 4.69) is 5.32 Å². The van der Waals surface area contributed by atoms with Crippen molar-refractivity contribution in [3.05, 3.63) is 69.7 Å². The summed E-state index contributed by atoms with van der Waals surface area (Å²) in [6, 6.07) is 8.79. The van der Waals surface area contributed by atoms with Crippen molar-refractivity contribution in [1.82, 2.24) is 15.0 Å². The Hall–Kier alpha value is -3.07. The Bertz CT molecular complexity index is 1280. The van der Waals surface area contributed by atoms with Gasteiger partial charge in [-0.3, -0.25) is 19.2 Å². The monoisotopic (exact) mass is 509 g/mol. The van der Waals surface area contributed by atoms with E-state index >= 15 is 0 Å². The molecular weight excluding hydrogens is 487 g/mol. The number of nitrogens with one attached hydrogen (secondary N) is 1. The highest BCUT2D eigenvalue weighted by molar-refractivity contribution is 6.45. The first-order valence-corrected chi connectivity index (χ1v) is 11.8. The molecule has 0 bridgehead atoms. The van der Waals surface area contributed by atoms with Gasteiger partial charge in [-0.2, -0.15) is 8.78 Å². The van der Waals surface area contributed by atoms with Crippen molar-refractivity contribution in [3.63, 3.8) is 0 Å². The van der Waals surface area contributed by atoms with Gasteiger partial charge in [-0.05, 0) is 34.5 Å². The Balaban J connectivity index is 1.53. The fourth-order valence-corrected chi connectivity index (χ4v) is 4.93. The zero-order valence-electron chi connectivity index (χ0n) is 20.3. The lowest BCUT2D eigenvalue weighted by atomic mass is 9.47. The molecule has 2 heterocycles. The predicted molar refractivity (Wildman–Crippen MR) is 140 cm³/mol. The van der Waals surface area contributed by atoms with E-state index in [9.17, 15) is 28.0 Å². The molecule has 1 saturated heterocycles. The number of carbonyl (C=O) groups excluding carboxylic acids is 4. The van der Waals surface area contributed by atoms with Gasteiger partial charge < -0.3 is 15.0 Å². The van der Waals surface area contributed by atoms with Gasteiger partial charge >= 0.3 is 5.92 Å². The molecule has 2 aromatic rings. The van der Waals surface area contributed by atoms with Crippen molar-refractivity contribution in [2.75, 3.05) is 0 Å². The molecule has 1 N–H and O–H groups in total. The van der Waals surface area contributed by atoms with E-state index in [0.29, 0.717) is 16.7 Å². The van der Waals surface area contributed by atoms with Gasteiger partial charge in [0.15, 0.2) is 0 Å². The molecule has 182 valence electrons. The van der Waals surface area contributed by atoms with Crippen LogP contribution in [-0.2, 0) is 26.9 Å². The Morgan fingerprint density at radius 3 is 2.42 bits per heavy atom. The third-order valence-electron chi connectivity index (χ3n) is 6.90. The molecule has 2 unspecified atom stereocenters. The van der Waals surface area contributed by atoms with Crippen molar-refractivity contribution in [2.24, 2.45) is 0 Å². The molecule has 2 atom stereocenters. The quantitative estimate of drug-likeness (QED) is 0.410. The van der Waals surface area contributed by atoms with E-state index in [1.807, 2.05) is 0 Å². The number of alkyl halides is 2. The average Bonchev–Trinajstić information content (AvgIpc) is 3.12. The van der Waals surface area contributed by atoms with Crippen molar-refractivity contribution in [2.45, 2.75) is 36.1 Å². The van der Waals surface area contributed by atoms with Gasteiger partial charge in [0.05, 0.1) is 0 Å². The molecule has 0 saturated carbocycles. The van der Waals surface area contributed by atoms with E-state index in [1.165, 1.54) is 25.0 Å². The van der Waals surface area contributed by atoms with Crippen LogP contribution in [-0.4, -0.2) is 70.9 Å². The number of rotatable bonds is 5. The maximum Gasteiger partial charge on any atom is 0.349 e. The summed E-state index contributed by atoms with van der Waals surface area (Å²) >= 11 is 5.75. The number of hydrogen-bond donors (Lipinski definition) is 1. The van der Waals surface area contributed by atoms with Crippen molar-refractivity contribution >= 4 is 66.7 Å². The van der Waals surface area contributed by atoms with E-state index in [1.54, 1.807) is 41.7 Å². The molecule has 1 fully saturated rings. The van der Waals surface area contributed by atoms with E-state index in [0.717, 1.165) is 16.9 Å². The first kappa shape index (κ1) is 26.0. The molecule has 14 heteroatoms. The number of benzene rings is 2. The number of amides is 4. The number of imide groups is 1. The Labute approximate surface area is 215 Å². The molecule has 2 aliphatic heterocycles. The van der Waals surface area contributed by atoms with Gasteiger partial charge in [0, 0.05) is 35.1 Å². The average molecular weight is 509 g/mol. The minimum Gasteiger partial charge on any atom is -0.352 e. The SMILES string of the molecule is BC(NC(=O)C(F)(F)c1ccc(Cl)cc1)c1ccc2c(c1)CN(C1C(=O)N(B)C(=O)CC1(B)B)C2=O. The highest BCUT2D eigenvalue weighted by Gasteiger charge is 2.50. The van der Waals surface area contributed by atoms with Crippen molar-refractivity contribution < 1.29 is 28.0 Å². The molecule has 7 nitrogen and oxygen atoms in total. The van der Waals surface area contributed by atoms with Crippen LogP contribution in [0, 0.1) is 0 Å². The van der Waals surface area contributed by atoms with Gasteiger partial charge in [0.2, 0.25) is 19.8 Å². The molecular formula is C22H22B4ClF2N3O4. The maximum atomic E-state index is 14.7. The highest BCUT2D eigenvalue weighted by Crippen LogP contribution is 2.40. The standard InChI is InChI=1S/C22H22B4ClF2N3O4/c23-17(30-20(36)22(28,29)12-2-4-13(27)5-3-12)10-1-6-14-11(7-10)9-31(18(14)34)16-19(35)32(26)15(33)8-21(16,24)25/h1-7,16-17H,8-9,23-26H2,(H,30,36). The van der Waals surface area contributed by atoms with Crippen LogP contribution in [0.15, 0.2) is 42.5 Å². The molecule has 36 heavy (non-hydrogen) atoms. The number of halogens is 3. The summed E-state index contributed by atoms with van der Waals surface area (Å²) in [5.41, 5.74) is 1.07. The number of hydrogen-bond acceptors (Lipinski definition) is 4. The Morgan fingerprint density at radius 2 is 1.78 bits per heavy atom. The minimum absolute atomic E-state index is 0.121. The summed E-state index contributed by atoms with van der Waals surface area (Å²) in [6.45, 7) is 0.130. The van der Waals surface area contributed by atoms with Crippen molar-refractivity contribution in [3.8, 4) is 0 Å². The largest absolute Gasteiger partial charge is 0.352 e. The normalized spacial score (nSPS) is 20.3. The lowest BCUT2D eigenvalue weighted by Crippen LogP contribution is -2.60. The fourth-order valence-electron chi connectivity index (χ4n) is 4.80. The van der Waals surface area contributed by atoms with E-state index in [4.69, 9.17) is 11.6 Å². The number of fused-ring (bicyclic) bond motifs is 1. The lowest BCUT2D eigenvalue weighted by molar-refractivity contribution is -0.147. The minimum atomic E-state index is -3.77. The van der Waals surface area contributed by atoms with Gasteiger partial charge in [-0.1, -0.05) is 35.9 Å². The predicted octanol–water partition coefficient (Wildman–Crippen LogP) is -1.11. The van der Waals surface area contributed by atoms with Gasteiger partial charge in [0.25, 0.3) is 11.8 Å².